The number of aromatic nitrogens is 3. The molecule has 0 N–H and O–H groups in total. The van der Waals surface area contributed by atoms with Crippen LogP contribution < -0.4 is 9.64 Å². The van der Waals surface area contributed by atoms with E-state index in [1.54, 1.807) is 29.2 Å². The normalized spacial score (nSPS) is 23.2. The van der Waals surface area contributed by atoms with Gasteiger partial charge in [-0.05, 0) is 43.3 Å². The van der Waals surface area contributed by atoms with Gasteiger partial charge in [0.2, 0.25) is 5.91 Å². The molecule has 0 saturated carbocycles. The lowest BCUT2D eigenvalue weighted by molar-refractivity contribution is -0.125. The number of amides is 1. The molecule has 12 heteroatoms. The fraction of sp³-hybridized carbons (Fsp3) is 0.394. The number of hydrogen-bond donors (Lipinski definition) is 0. The molecule has 3 fully saturated rings. The van der Waals surface area contributed by atoms with E-state index in [2.05, 4.69) is 21.4 Å². The van der Waals surface area contributed by atoms with Crippen molar-refractivity contribution < 1.29 is 22.7 Å². The lowest BCUT2D eigenvalue weighted by Crippen LogP contribution is -2.43. The second-order valence-corrected chi connectivity index (χ2v) is 12.6. The fourth-order valence-electron chi connectivity index (χ4n) is 7.26. The van der Waals surface area contributed by atoms with Crippen molar-refractivity contribution in [2.24, 2.45) is 0 Å². The maximum atomic E-state index is 16.6. The molecule has 3 aliphatic rings. The molecule has 1 amide bonds. The molecule has 2 aromatic heterocycles. The average Bonchev–Trinajstić information content (AvgIpc) is 3.76. The number of halogens is 4. The highest BCUT2D eigenvalue weighted by atomic mass is 35.5. The van der Waals surface area contributed by atoms with Crippen LogP contribution in [-0.2, 0) is 4.79 Å². The standard InChI is InChI=1S/C33H32ClF3N6O2/c1-3-25(44)42-13-10-21(17-42)41(2)31-23-15-38-29(22-7-4-6-19-8-9-24(36)27(34)26(19)22)28(37)30(23)39-32(40-31)45-18-33-11-5-12-43(33)16-20(35)14-33/h3-4,6-9,15,20-21H,1,5,10-14,16-18H2,2H3/t20-,21-,33?/m1/s1. The molecule has 8 nitrogen and oxygen atoms in total. The second-order valence-electron chi connectivity index (χ2n) is 12.2. The number of pyridine rings is 1. The van der Waals surface area contributed by atoms with Gasteiger partial charge >= 0.3 is 6.01 Å². The minimum absolute atomic E-state index is 0.0241. The van der Waals surface area contributed by atoms with Gasteiger partial charge in [0.25, 0.3) is 0 Å². The Balaban J connectivity index is 1.33. The summed E-state index contributed by atoms with van der Waals surface area (Å²) in [5.74, 6) is -1.12. The number of likely N-dealkylation sites (N-methyl/N-ethyl adjacent to an activating group) is 1. The summed E-state index contributed by atoms with van der Waals surface area (Å²) >= 11 is 6.38. The first-order valence-corrected chi connectivity index (χ1v) is 15.5. The minimum atomic E-state index is -0.930. The molecule has 45 heavy (non-hydrogen) atoms. The van der Waals surface area contributed by atoms with E-state index in [9.17, 15) is 13.6 Å². The number of alkyl halides is 1. The molecule has 3 saturated heterocycles. The summed E-state index contributed by atoms with van der Waals surface area (Å²) in [4.78, 5) is 31.7. The van der Waals surface area contributed by atoms with Crippen molar-refractivity contribution in [2.45, 2.75) is 43.4 Å². The predicted octanol–water partition coefficient (Wildman–Crippen LogP) is 5.95. The van der Waals surface area contributed by atoms with Crippen LogP contribution in [0.1, 0.15) is 25.7 Å². The molecule has 234 valence electrons. The summed E-state index contributed by atoms with van der Waals surface area (Å²) in [6.07, 6.45) is 4.63. The number of likely N-dealkylation sites (tertiary alicyclic amines) is 1. The van der Waals surface area contributed by atoms with Crippen LogP contribution in [0.2, 0.25) is 5.02 Å². The number of carbonyl (C=O) groups is 1. The maximum Gasteiger partial charge on any atom is 0.319 e. The molecule has 0 spiro atoms. The van der Waals surface area contributed by atoms with Crippen molar-refractivity contribution in [3.63, 3.8) is 0 Å². The van der Waals surface area contributed by atoms with Gasteiger partial charge in [-0.25, -0.2) is 13.2 Å². The van der Waals surface area contributed by atoms with Crippen LogP contribution in [0.25, 0.3) is 32.9 Å². The van der Waals surface area contributed by atoms with E-state index in [1.165, 1.54) is 18.3 Å². The molecule has 3 atom stereocenters. The average molecular weight is 637 g/mol. The van der Waals surface area contributed by atoms with Crippen molar-refractivity contribution in [3.8, 4) is 17.3 Å². The Morgan fingerprint density at radius 2 is 2.07 bits per heavy atom. The molecule has 2 aromatic carbocycles. The third kappa shape index (κ3) is 5.06. The molecule has 7 rings (SSSR count). The van der Waals surface area contributed by atoms with Crippen molar-refractivity contribution in [1.29, 1.82) is 0 Å². The number of benzene rings is 2. The van der Waals surface area contributed by atoms with Crippen molar-refractivity contribution in [1.82, 2.24) is 24.8 Å². The zero-order chi connectivity index (χ0) is 31.5. The first-order valence-electron chi connectivity index (χ1n) is 15.1. The lowest BCUT2D eigenvalue weighted by Gasteiger charge is -2.31. The van der Waals surface area contributed by atoms with Crippen LogP contribution in [0.3, 0.4) is 0 Å². The van der Waals surface area contributed by atoms with Crippen LogP contribution in [-0.4, -0.2) is 88.2 Å². The fourth-order valence-corrected chi connectivity index (χ4v) is 7.53. The highest BCUT2D eigenvalue weighted by Gasteiger charge is 2.49. The van der Waals surface area contributed by atoms with E-state index >= 15 is 4.39 Å². The Bertz CT molecular complexity index is 1840. The van der Waals surface area contributed by atoms with E-state index in [1.807, 2.05) is 11.9 Å². The van der Waals surface area contributed by atoms with Gasteiger partial charge in [-0.1, -0.05) is 42.4 Å². The number of rotatable bonds is 7. The number of carbonyl (C=O) groups excluding carboxylic acids is 1. The largest absolute Gasteiger partial charge is 0.461 e. The zero-order valence-corrected chi connectivity index (χ0v) is 25.5. The van der Waals surface area contributed by atoms with E-state index in [0.717, 1.165) is 19.4 Å². The molecular formula is C33H32ClF3N6O2. The van der Waals surface area contributed by atoms with Crippen LogP contribution in [0.5, 0.6) is 6.01 Å². The van der Waals surface area contributed by atoms with Gasteiger partial charge in [-0.3, -0.25) is 14.7 Å². The van der Waals surface area contributed by atoms with Gasteiger partial charge in [-0.2, -0.15) is 9.97 Å². The highest BCUT2D eigenvalue weighted by Crippen LogP contribution is 2.41. The summed E-state index contributed by atoms with van der Waals surface area (Å²) in [6.45, 7) is 5.92. The molecule has 3 aliphatic heterocycles. The van der Waals surface area contributed by atoms with Gasteiger partial charge in [-0.15, -0.1) is 0 Å². The van der Waals surface area contributed by atoms with Crippen LogP contribution in [0.15, 0.2) is 49.2 Å². The van der Waals surface area contributed by atoms with Crippen molar-refractivity contribution in [2.75, 3.05) is 44.7 Å². The van der Waals surface area contributed by atoms with Crippen LogP contribution in [0.4, 0.5) is 19.0 Å². The van der Waals surface area contributed by atoms with Gasteiger partial charge in [0.05, 0.1) is 15.9 Å². The quantitative estimate of drug-likeness (QED) is 0.232. The van der Waals surface area contributed by atoms with Gasteiger partial charge < -0.3 is 14.5 Å². The maximum absolute atomic E-state index is 16.6. The van der Waals surface area contributed by atoms with Crippen LogP contribution in [0, 0.1) is 11.6 Å². The molecule has 0 aliphatic carbocycles. The van der Waals surface area contributed by atoms with Gasteiger partial charge in [0, 0.05) is 56.3 Å². The molecule has 0 radical (unpaired) electrons. The Labute approximate surface area is 263 Å². The SMILES string of the molecule is C=CC(=O)N1CC[C@@H](N(C)c2nc(OCC34CCCN3C[C@H](F)C4)nc3c(F)c(-c4cccc5ccc(F)c(Cl)c45)ncc23)C1. The Hall–Kier alpha value is -3.96. The number of hydrogen-bond acceptors (Lipinski definition) is 7. The summed E-state index contributed by atoms with van der Waals surface area (Å²) < 4.78 is 51.8. The predicted molar refractivity (Wildman–Crippen MR) is 167 cm³/mol. The highest BCUT2D eigenvalue weighted by molar-refractivity contribution is 6.36. The van der Waals surface area contributed by atoms with E-state index in [-0.39, 0.29) is 40.8 Å². The smallest absolute Gasteiger partial charge is 0.319 e. The molecule has 4 aromatic rings. The van der Waals surface area contributed by atoms with Crippen molar-refractivity contribution >= 4 is 45.0 Å². The Morgan fingerprint density at radius 3 is 2.89 bits per heavy atom. The zero-order valence-electron chi connectivity index (χ0n) is 24.8. The number of anilines is 1. The second kappa shape index (κ2) is 11.4. The van der Waals surface area contributed by atoms with E-state index < -0.39 is 23.3 Å². The first-order chi connectivity index (χ1) is 21.7. The Kier molecular flexibility index (Phi) is 7.56. The Morgan fingerprint density at radius 1 is 1.22 bits per heavy atom. The van der Waals surface area contributed by atoms with E-state index in [0.29, 0.717) is 60.0 Å². The molecule has 5 heterocycles. The molecule has 1 unspecified atom stereocenters. The third-order valence-corrected chi connectivity index (χ3v) is 9.97. The van der Waals surface area contributed by atoms with Crippen LogP contribution >= 0.6 is 11.6 Å². The van der Waals surface area contributed by atoms with Crippen molar-refractivity contribution in [3.05, 3.63) is 65.8 Å². The lowest BCUT2D eigenvalue weighted by atomic mass is 9.95. The molecule has 0 bridgehead atoms. The summed E-state index contributed by atoms with van der Waals surface area (Å²) in [5.41, 5.74) is -0.197. The summed E-state index contributed by atoms with van der Waals surface area (Å²) in [5, 5.41) is 1.20. The monoisotopic (exact) mass is 636 g/mol. The summed E-state index contributed by atoms with van der Waals surface area (Å²) in [6, 6.07) is 7.83. The van der Waals surface area contributed by atoms with E-state index in [4.69, 9.17) is 21.3 Å². The third-order valence-electron chi connectivity index (χ3n) is 9.60. The first kappa shape index (κ1) is 29.7. The van der Waals surface area contributed by atoms with Gasteiger partial charge in [0.1, 0.15) is 35.6 Å². The minimum Gasteiger partial charge on any atom is -0.461 e. The number of fused-ring (bicyclic) bond motifs is 3. The topological polar surface area (TPSA) is 74.7 Å². The number of ether oxygens (including phenoxy) is 1. The van der Waals surface area contributed by atoms with Gasteiger partial charge in [0.15, 0.2) is 5.82 Å². The summed E-state index contributed by atoms with van der Waals surface area (Å²) in [7, 11) is 1.83. The number of nitrogens with zero attached hydrogens (tertiary/aromatic N) is 6. The molecular weight excluding hydrogens is 605 g/mol.